The number of rotatable bonds is 1. The zero-order valence-corrected chi connectivity index (χ0v) is 13.0. The van der Waals surface area contributed by atoms with Crippen LogP contribution in [-0.2, 0) is 3.23 Å². The monoisotopic (exact) mass is 361 g/mol. The molecule has 1 aliphatic heterocycles. The van der Waals surface area contributed by atoms with Crippen LogP contribution in [0.4, 0.5) is 0 Å². The highest BCUT2D eigenvalue weighted by molar-refractivity contribution is 9.24. The Labute approximate surface area is 117 Å². The third-order valence-electron chi connectivity index (χ3n) is 3.02. The Kier molecular flexibility index (Phi) is 3.02. The van der Waals surface area contributed by atoms with Crippen molar-refractivity contribution in [3.63, 3.8) is 0 Å². The normalized spacial score (nSPS) is 20.4. The van der Waals surface area contributed by atoms with Gasteiger partial charge in [0.25, 0.3) is 5.91 Å². The van der Waals surface area contributed by atoms with Crippen LogP contribution in [0.25, 0.3) is 0 Å². The molecule has 0 radical (unpaired) electrons. The van der Waals surface area contributed by atoms with Crippen molar-refractivity contribution in [1.82, 2.24) is 5.32 Å². The van der Waals surface area contributed by atoms with Crippen LogP contribution in [0.2, 0.25) is 0 Å². The van der Waals surface area contributed by atoms with E-state index in [9.17, 15) is 4.79 Å². The quantitative estimate of drug-likeness (QED) is 0.779. The first-order valence-corrected chi connectivity index (χ1v) is 6.77. The van der Waals surface area contributed by atoms with E-state index >= 15 is 0 Å². The van der Waals surface area contributed by atoms with Crippen molar-refractivity contribution in [1.29, 1.82) is 0 Å². The molecule has 0 fully saturated rings. The molecule has 1 heterocycles. The van der Waals surface area contributed by atoms with E-state index in [0.717, 1.165) is 11.3 Å². The van der Waals surface area contributed by atoms with E-state index in [4.69, 9.17) is 4.74 Å². The van der Waals surface area contributed by atoms with Gasteiger partial charge in [0.2, 0.25) is 0 Å². The van der Waals surface area contributed by atoms with Gasteiger partial charge in [-0.1, -0.05) is 31.9 Å². The maximum atomic E-state index is 12.0. The minimum atomic E-state index is -0.509. The molecule has 92 valence electrons. The largest absolute Gasteiger partial charge is 0.497 e. The molecule has 1 aliphatic rings. The van der Waals surface area contributed by atoms with E-state index in [-0.39, 0.29) is 5.91 Å². The van der Waals surface area contributed by atoms with Crippen LogP contribution in [0.1, 0.15) is 29.8 Å². The Morgan fingerprint density at radius 3 is 2.53 bits per heavy atom. The molecule has 3 nitrogen and oxygen atoms in total. The van der Waals surface area contributed by atoms with Crippen LogP contribution < -0.4 is 10.1 Å². The molecule has 1 amide bonds. The highest BCUT2D eigenvalue weighted by Crippen LogP contribution is 2.51. The fourth-order valence-electron chi connectivity index (χ4n) is 1.87. The fourth-order valence-corrected chi connectivity index (χ4v) is 2.73. The highest BCUT2D eigenvalue weighted by atomic mass is 79.9. The van der Waals surface area contributed by atoms with Crippen molar-refractivity contribution in [2.75, 3.05) is 7.11 Å². The maximum absolute atomic E-state index is 12.0. The van der Waals surface area contributed by atoms with Gasteiger partial charge in [-0.3, -0.25) is 4.79 Å². The maximum Gasteiger partial charge on any atom is 0.252 e. The van der Waals surface area contributed by atoms with Crippen LogP contribution in [0.3, 0.4) is 0 Å². The molecule has 2 rings (SSSR count). The number of amides is 1. The van der Waals surface area contributed by atoms with Gasteiger partial charge >= 0.3 is 0 Å². The van der Waals surface area contributed by atoms with Crippen molar-refractivity contribution in [3.05, 3.63) is 29.3 Å². The number of ether oxygens (including phenoxy) is 1. The summed E-state index contributed by atoms with van der Waals surface area (Å²) in [5, 5.41) is 2.97. The minimum Gasteiger partial charge on any atom is -0.497 e. The van der Waals surface area contributed by atoms with Gasteiger partial charge in [-0.15, -0.1) is 0 Å². The Hall–Kier alpha value is -0.550. The Bertz CT molecular complexity index is 483. The second kappa shape index (κ2) is 3.99. The van der Waals surface area contributed by atoms with Crippen LogP contribution >= 0.6 is 31.9 Å². The van der Waals surface area contributed by atoms with E-state index in [0.29, 0.717) is 5.56 Å². The number of benzene rings is 1. The van der Waals surface area contributed by atoms with E-state index in [1.807, 2.05) is 19.9 Å². The average molecular weight is 363 g/mol. The van der Waals surface area contributed by atoms with Gasteiger partial charge in [0.05, 0.1) is 12.6 Å². The summed E-state index contributed by atoms with van der Waals surface area (Å²) in [6.07, 6.45) is 0. The number of hydrogen-bond acceptors (Lipinski definition) is 2. The first-order valence-electron chi connectivity index (χ1n) is 5.18. The number of hydrogen-bond donors (Lipinski definition) is 1. The SMILES string of the molecule is COc1ccc2c(c1)C(Br)(Br)C(C)(C)NC2=O. The summed E-state index contributed by atoms with van der Waals surface area (Å²) in [7, 11) is 1.61. The third kappa shape index (κ3) is 1.89. The highest BCUT2D eigenvalue weighted by Gasteiger charge is 2.49. The van der Waals surface area contributed by atoms with Gasteiger partial charge in [0.15, 0.2) is 0 Å². The molecule has 0 bridgehead atoms. The standard InChI is InChI=1S/C12H13Br2NO2/c1-11(2)12(13,14)9-6-7(17-3)4-5-8(9)10(16)15-11/h4-6H,1-3H3,(H,15,16). The number of halogens is 2. The molecule has 0 spiro atoms. The molecule has 0 saturated carbocycles. The Morgan fingerprint density at radius 1 is 1.29 bits per heavy atom. The van der Waals surface area contributed by atoms with Gasteiger partial charge in [0, 0.05) is 5.56 Å². The summed E-state index contributed by atoms with van der Waals surface area (Å²) < 4.78 is 4.69. The fraction of sp³-hybridized carbons (Fsp3) is 0.417. The molecule has 1 aromatic rings. The van der Waals surface area contributed by atoms with Crippen molar-refractivity contribution in [3.8, 4) is 5.75 Å². The molecule has 1 aromatic carbocycles. The second-order valence-electron chi connectivity index (χ2n) is 4.57. The lowest BCUT2D eigenvalue weighted by molar-refractivity contribution is 0.0891. The van der Waals surface area contributed by atoms with Crippen LogP contribution in [0.15, 0.2) is 18.2 Å². The van der Waals surface area contributed by atoms with Gasteiger partial charge in [-0.2, -0.15) is 0 Å². The molecule has 5 heteroatoms. The Balaban J connectivity index is 2.67. The van der Waals surface area contributed by atoms with Crippen LogP contribution in [-0.4, -0.2) is 18.6 Å². The second-order valence-corrected chi connectivity index (χ2v) is 8.01. The molecule has 0 unspecified atom stereocenters. The molecule has 0 saturated heterocycles. The molecule has 0 atom stereocenters. The lowest BCUT2D eigenvalue weighted by atomic mass is 9.87. The summed E-state index contributed by atoms with van der Waals surface area (Å²) >= 11 is 7.30. The number of methoxy groups -OCH3 is 1. The van der Waals surface area contributed by atoms with Gasteiger partial charge in [0.1, 0.15) is 8.98 Å². The summed E-state index contributed by atoms with van der Waals surface area (Å²) in [4.78, 5) is 12.0. The molecule has 1 N–H and O–H groups in total. The number of nitrogens with one attached hydrogen (secondary N) is 1. The number of fused-ring (bicyclic) bond motifs is 1. The van der Waals surface area contributed by atoms with Crippen molar-refractivity contribution < 1.29 is 9.53 Å². The lowest BCUT2D eigenvalue weighted by Crippen LogP contribution is -2.57. The number of alkyl halides is 2. The summed E-state index contributed by atoms with van der Waals surface area (Å²) in [6.45, 7) is 3.91. The van der Waals surface area contributed by atoms with Gasteiger partial charge in [-0.05, 0) is 37.6 Å². The van der Waals surface area contributed by atoms with Crippen molar-refractivity contribution in [2.45, 2.75) is 22.6 Å². The van der Waals surface area contributed by atoms with E-state index in [1.165, 1.54) is 0 Å². The van der Waals surface area contributed by atoms with Crippen molar-refractivity contribution >= 4 is 37.8 Å². The predicted octanol–water partition coefficient (Wildman–Crippen LogP) is 3.16. The predicted molar refractivity (Wildman–Crippen MR) is 74.1 cm³/mol. The number of carbonyl (C=O) groups excluding carboxylic acids is 1. The van der Waals surface area contributed by atoms with Crippen LogP contribution in [0.5, 0.6) is 5.75 Å². The summed E-state index contributed by atoms with van der Waals surface area (Å²) in [6, 6.07) is 5.43. The Morgan fingerprint density at radius 2 is 1.94 bits per heavy atom. The zero-order chi connectivity index (χ0) is 12.8. The molecule has 0 aromatic heterocycles. The van der Waals surface area contributed by atoms with Gasteiger partial charge in [-0.25, -0.2) is 0 Å². The van der Waals surface area contributed by atoms with Crippen LogP contribution in [0, 0.1) is 0 Å². The van der Waals surface area contributed by atoms with E-state index in [2.05, 4.69) is 37.2 Å². The molecular weight excluding hydrogens is 350 g/mol. The number of carbonyl (C=O) groups is 1. The first kappa shape index (κ1) is 12.9. The molecule has 17 heavy (non-hydrogen) atoms. The molecular formula is C12H13Br2NO2. The van der Waals surface area contributed by atoms with Crippen molar-refractivity contribution in [2.24, 2.45) is 0 Å². The summed E-state index contributed by atoms with van der Waals surface area (Å²) in [5.41, 5.74) is 1.09. The smallest absolute Gasteiger partial charge is 0.252 e. The average Bonchev–Trinajstić information content (AvgIpc) is 2.25. The molecule has 0 aliphatic carbocycles. The van der Waals surface area contributed by atoms with E-state index < -0.39 is 8.77 Å². The van der Waals surface area contributed by atoms with E-state index in [1.54, 1.807) is 19.2 Å². The minimum absolute atomic E-state index is 0.0674. The third-order valence-corrected chi connectivity index (χ3v) is 5.86. The first-order chi connectivity index (χ1) is 7.79. The summed E-state index contributed by atoms with van der Waals surface area (Å²) in [5.74, 6) is 0.666. The lowest BCUT2D eigenvalue weighted by Gasteiger charge is -2.43. The topological polar surface area (TPSA) is 38.3 Å². The van der Waals surface area contributed by atoms with Gasteiger partial charge < -0.3 is 10.1 Å². The zero-order valence-electron chi connectivity index (χ0n) is 9.80.